The Hall–Kier alpha value is -1.30. The fraction of sp³-hybridized carbons (Fsp3) is 0.429. The summed E-state index contributed by atoms with van der Waals surface area (Å²) < 4.78 is 31.5. The fourth-order valence-electron chi connectivity index (χ4n) is 3.64. The number of thioether (sulfide) groups is 1. The van der Waals surface area contributed by atoms with Crippen LogP contribution in [0, 0.1) is 6.92 Å². The zero-order valence-electron chi connectivity index (χ0n) is 15.4. The van der Waals surface area contributed by atoms with Gasteiger partial charge < -0.3 is 0 Å². The van der Waals surface area contributed by atoms with Crippen LogP contribution in [0.1, 0.15) is 49.1 Å². The Morgan fingerprint density at radius 3 is 2.38 bits per heavy atom. The molecule has 0 N–H and O–H groups in total. The van der Waals surface area contributed by atoms with E-state index in [0.717, 1.165) is 37.7 Å². The summed E-state index contributed by atoms with van der Waals surface area (Å²) in [4.78, 5) is 1.45. The van der Waals surface area contributed by atoms with Crippen molar-refractivity contribution < 1.29 is 12.6 Å². The molecule has 1 aliphatic rings. The normalized spacial score (nSPS) is 21.3. The first-order valence-corrected chi connectivity index (χ1v) is 11.8. The summed E-state index contributed by atoms with van der Waals surface area (Å²) in [5.74, 6) is 0.112. The third-order valence-corrected chi connectivity index (χ3v) is 7.21. The number of rotatable bonds is 5. The standard InChI is InChI=1S/C21H26O3S2/c1-16-12-14-17(15-13-16)26(22,23)24-20-10-5-3-4-8-18(20)19-9-6-7-11-21(19)25-2/h6-7,9,11-15,18,20H,3-5,8,10H2,1-2H3/t18-,20-/m0/s1. The topological polar surface area (TPSA) is 43.4 Å². The third kappa shape index (κ3) is 4.51. The molecule has 1 fully saturated rings. The van der Waals surface area contributed by atoms with Crippen LogP contribution in [0.15, 0.2) is 58.3 Å². The average molecular weight is 391 g/mol. The predicted molar refractivity (Wildman–Crippen MR) is 107 cm³/mol. The maximum atomic E-state index is 12.8. The van der Waals surface area contributed by atoms with Crippen molar-refractivity contribution in [2.75, 3.05) is 6.26 Å². The molecular formula is C21H26O3S2. The molecule has 2 atom stereocenters. The number of benzene rings is 2. The van der Waals surface area contributed by atoms with Gasteiger partial charge in [0, 0.05) is 10.8 Å². The van der Waals surface area contributed by atoms with E-state index in [-0.39, 0.29) is 16.9 Å². The van der Waals surface area contributed by atoms with Crippen LogP contribution in [0.2, 0.25) is 0 Å². The highest BCUT2D eigenvalue weighted by molar-refractivity contribution is 7.98. The lowest BCUT2D eigenvalue weighted by atomic mass is 9.89. The second kappa shape index (κ2) is 8.59. The van der Waals surface area contributed by atoms with Crippen LogP contribution in [0.5, 0.6) is 0 Å². The summed E-state index contributed by atoms with van der Waals surface area (Å²) >= 11 is 1.71. The van der Waals surface area contributed by atoms with E-state index < -0.39 is 10.1 Å². The SMILES string of the molecule is CSc1ccccc1[C@@H]1CCCCC[C@@H]1OS(=O)(=O)c1ccc(C)cc1. The molecule has 26 heavy (non-hydrogen) atoms. The summed E-state index contributed by atoms with van der Waals surface area (Å²) in [6.07, 6.45) is 6.74. The second-order valence-corrected chi connectivity index (χ2v) is 9.31. The van der Waals surface area contributed by atoms with Crippen molar-refractivity contribution in [3.05, 3.63) is 59.7 Å². The van der Waals surface area contributed by atoms with Crippen LogP contribution < -0.4 is 0 Å². The van der Waals surface area contributed by atoms with Gasteiger partial charge in [-0.25, -0.2) is 0 Å². The Morgan fingerprint density at radius 2 is 1.65 bits per heavy atom. The molecule has 140 valence electrons. The van der Waals surface area contributed by atoms with Gasteiger partial charge in [0.25, 0.3) is 10.1 Å². The van der Waals surface area contributed by atoms with Gasteiger partial charge in [0.1, 0.15) is 0 Å². The zero-order chi connectivity index (χ0) is 18.6. The highest BCUT2D eigenvalue weighted by Crippen LogP contribution is 2.39. The number of aryl methyl sites for hydroxylation is 1. The van der Waals surface area contributed by atoms with E-state index >= 15 is 0 Å². The molecule has 5 heteroatoms. The molecule has 0 unspecified atom stereocenters. The van der Waals surface area contributed by atoms with E-state index in [1.54, 1.807) is 23.9 Å². The molecular weight excluding hydrogens is 364 g/mol. The van der Waals surface area contributed by atoms with Crippen LogP contribution in [0.4, 0.5) is 0 Å². The van der Waals surface area contributed by atoms with E-state index in [1.165, 1.54) is 10.5 Å². The van der Waals surface area contributed by atoms with Crippen LogP contribution in [-0.2, 0) is 14.3 Å². The second-order valence-electron chi connectivity index (χ2n) is 6.89. The Kier molecular flexibility index (Phi) is 6.43. The van der Waals surface area contributed by atoms with E-state index in [1.807, 2.05) is 31.2 Å². The maximum absolute atomic E-state index is 12.8. The molecule has 2 aromatic carbocycles. The van der Waals surface area contributed by atoms with Crippen molar-refractivity contribution in [3.8, 4) is 0 Å². The van der Waals surface area contributed by atoms with Crippen molar-refractivity contribution in [1.82, 2.24) is 0 Å². The van der Waals surface area contributed by atoms with Crippen LogP contribution in [0.3, 0.4) is 0 Å². The lowest BCUT2D eigenvalue weighted by Gasteiger charge is -2.26. The fourth-order valence-corrected chi connectivity index (χ4v) is 5.45. The van der Waals surface area contributed by atoms with Crippen molar-refractivity contribution in [2.24, 2.45) is 0 Å². The Morgan fingerprint density at radius 1 is 0.962 bits per heavy atom. The average Bonchev–Trinajstić information content (AvgIpc) is 2.87. The molecule has 3 nitrogen and oxygen atoms in total. The van der Waals surface area contributed by atoms with Gasteiger partial charge in [-0.3, -0.25) is 4.18 Å². The summed E-state index contributed by atoms with van der Waals surface area (Å²) in [5, 5.41) is 0. The smallest absolute Gasteiger partial charge is 0.262 e. The molecule has 1 aliphatic carbocycles. The molecule has 0 aromatic heterocycles. The van der Waals surface area contributed by atoms with Gasteiger partial charge in [-0.2, -0.15) is 8.42 Å². The van der Waals surface area contributed by atoms with Crippen LogP contribution in [-0.4, -0.2) is 20.8 Å². The van der Waals surface area contributed by atoms with E-state index in [0.29, 0.717) is 0 Å². The van der Waals surface area contributed by atoms with Crippen molar-refractivity contribution in [2.45, 2.75) is 60.8 Å². The summed E-state index contributed by atoms with van der Waals surface area (Å²) in [5.41, 5.74) is 2.25. The maximum Gasteiger partial charge on any atom is 0.297 e. The van der Waals surface area contributed by atoms with E-state index in [4.69, 9.17) is 4.18 Å². The lowest BCUT2D eigenvalue weighted by Crippen LogP contribution is -2.25. The van der Waals surface area contributed by atoms with E-state index in [9.17, 15) is 8.42 Å². The van der Waals surface area contributed by atoms with Crippen molar-refractivity contribution >= 4 is 21.9 Å². The first kappa shape index (κ1) is 19.5. The largest absolute Gasteiger partial charge is 0.297 e. The Labute approximate surface area is 161 Å². The quantitative estimate of drug-likeness (QED) is 0.382. The molecule has 0 saturated heterocycles. The van der Waals surface area contributed by atoms with Crippen LogP contribution in [0.25, 0.3) is 0 Å². The summed E-state index contributed by atoms with van der Waals surface area (Å²) in [7, 11) is -3.76. The molecule has 3 rings (SSSR count). The van der Waals surface area contributed by atoms with Crippen LogP contribution >= 0.6 is 11.8 Å². The highest BCUT2D eigenvalue weighted by Gasteiger charge is 2.32. The monoisotopic (exact) mass is 390 g/mol. The van der Waals surface area contributed by atoms with Gasteiger partial charge in [0.05, 0.1) is 11.0 Å². The molecule has 2 aromatic rings. The molecule has 0 radical (unpaired) electrons. The van der Waals surface area contributed by atoms with Crippen molar-refractivity contribution in [1.29, 1.82) is 0 Å². The van der Waals surface area contributed by atoms with Crippen molar-refractivity contribution in [3.63, 3.8) is 0 Å². The summed E-state index contributed by atoms with van der Waals surface area (Å²) in [6.45, 7) is 1.94. The van der Waals surface area contributed by atoms with E-state index in [2.05, 4.69) is 18.4 Å². The third-order valence-electron chi connectivity index (χ3n) is 5.05. The van der Waals surface area contributed by atoms with Gasteiger partial charge in [-0.15, -0.1) is 11.8 Å². The van der Waals surface area contributed by atoms with Gasteiger partial charge in [0.15, 0.2) is 0 Å². The molecule has 1 saturated carbocycles. The van der Waals surface area contributed by atoms with Gasteiger partial charge in [-0.1, -0.05) is 55.2 Å². The molecule has 0 heterocycles. The minimum Gasteiger partial charge on any atom is -0.262 e. The minimum absolute atomic E-state index is 0.112. The highest BCUT2D eigenvalue weighted by atomic mass is 32.2. The van der Waals surface area contributed by atoms with Gasteiger partial charge >= 0.3 is 0 Å². The minimum atomic E-state index is -3.76. The first-order chi connectivity index (χ1) is 12.5. The zero-order valence-corrected chi connectivity index (χ0v) is 17.0. The van der Waals surface area contributed by atoms with Gasteiger partial charge in [0.2, 0.25) is 0 Å². The summed E-state index contributed by atoms with van der Waals surface area (Å²) in [6, 6.07) is 15.2. The predicted octanol–water partition coefficient (Wildman–Crippen LogP) is 5.54. The molecule has 0 amide bonds. The molecule has 0 aliphatic heterocycles. The molecule has 0 bridgehead atoms. The number of hydrogen-bond donors (Lipinski definition) is 0. The Balaban J connectivity index is 1.91. The first-order valence-electron chi connectivity index (χ1n) is 9.14. The lowest BCUT2D eigenvalue weighted by molar-refractivity contribution is 0.167. The molecule has 0 spiro atoms. The number of hydrogen-bond acceptors (Lipinski definition) is 4. The Bertz CT molecular complexity index is 829. The van der Waals surface area contributed by atoms with Gasteiger partial charge in [-0.05, 0) is 49.8 Å².